The van der Waals surface area contributed by atoms with Crippen molar-refractivity contribution in [2.75, 3.05) is 32.8 Å². The molecule has 1 aromatic carbocycles. The van der Waals surface area contributed by atoms with Crippen molar-refractivity contribution < 1.29 is 9.13 Å². The highest BCUT2D eigenvalue weighted by atomic mass is 19.1. The second-order valence-corrected chi connectivity index (χ2v) is 5.41. The number of ether oxygens (including phenoxy) is 1. The van der Waals surface area contributed by atoms with Crippen molar-refractivity contribution in [3.05, 3.63) is 35.6 Å². The number of hydrogen-bond acceptors (Lipinski definition) is 3. The van der Waals surface area contributed by atoms with Crippen LogP contribution in [0.2, 0.25) is 0 Å². The van der Waals surface area contributed by atoms with E-state index in [0.717, 1.165) is 44.8 Å². The van der Waals surface area contributed by atoms with Crippen LogP contribution in [0.1, 0.15) is 31.9 Å². The number of benzene rings is 1. The Kier molecular flexibility index (Phi) is 5.95. The third kappa shape index (κ3) is 4.27. The molecule has 4 heteroatoms. The average molecular weight is 280 g/mol. The lowest BCUT2D eigenvalue weighted by molar-refractivity contribution is -0.00180. The van der Waals surface area contributed by atoms with E-state index in [4.69, 9.17) is 4.74 Å². The first-order chi connectivity index (χ1) is 9.70. The van der Waals surface area contributed by atoms with Crippen LogP contribution in [0.25, 0.3) is 0 Å². The van der Waals surface area contributed by atoms with Crippen molar-refractivity contribution in [3.63, 3.8) is 0 Å². The zero-order chi connectivity index (χ0) is 14.4. The van der Waals surface area contributed by atoms with Crippen LogP contribution in [0.5, 0.6) is 0 Å². The van der Waals surface area contributed by atoms with Gasteiger partial charge in [0, 0.05) is 25.2 Å². The van der Waals surface area contributed by atoms with Crippen LogP contribution in [0.15, 0.2) is 24.3 Å². The second-order valence-electron chi connectivity index (χ2n) is 5.41. The summed E-state index contributed by atoms with van der Waals surface area (Å²) >= 11 is 0. The van der Waals surface area contributed by atoms with Crippen molar-refractivity contribution in [2.24, 2.45) is 0 Å². The molecule has 20 heavy (non-hydrogen) atoms. The molecule has 0 spiro atoms. The Balaban J connectivity index is 1.95. The molecule has 2 atom stereocenters. The Morgan fingerprint density at radius 1 is 1.50 bits per heavy atom. The SMILES string of the molecule is CCNC(CCN1CCOCC1C)c1cccc(F)c1. The fourth-order valence-electron chi connectivity index (χ4n) is 2.74. The number of hydrogen-bond donors (Lipinski definition) is 1. The Morgan fingerprint density at radius 2 is 2.35 bits per heavy atom. The summed E-state index contributed by atoms with van der Waals surface area (Å²) in [5, 5.41) is 3.46. The van der Waals surface area contributed by atoms with Crippen LogP contribution in [0.4, 0.5) is 4.39 Å². The fraction of sp³-hybridized carbons (Fsp3) is 0.625. The number of halogens is 1. The summed E-state index contributed by atoms with van der Waals surface area (Å²) < 4.78 is 18.8. The number of nitrogens with one attached hydrogen (secondary N) is 1. The predicted octanol–water partition coefficient (Wildman–Crippen LogP) is 2.59. The lowest BCUT2D eigenvalue weighted by Crippen LogP contribution is -2.44. The summed E-state index contributed by atoms with van der Waals surface area (Å²) in [7, 11) is 0. The molecular formula is C16H25FN2O. The van der Waals surface area contributed by atoms with Gasteiger partial charge in [-0.15, -0.1) is 0 Å². The van der Waals surface area contributed by atoms with Gasteiger partial charge in [0.1, 0.15) is 5.82 Å². The Hall–Kier alpha value is -0.970. The third-order valence-corrected chi connectivity index (χ3v) is 3.91. The van der Waals surface area contributed by atoms with E-state index in [1.807, 2.05) is 6.07 Å². The normalized spacial score (nSPS) is 21.9. The predicted molar refractivity (Wildman–Crippen MR) is 79.3 cm³/mol. The monoisotopic (exact) mass is 280 g/mol. The van der Waals surface area contributed by atoms with Crippen LogP contribution in [-0.2, 0) is 4.74 Å². The molecule has 0 bridgehead atoms. The number of morpholine rings is 1. The van der Waals surface area contributed by atoms with Gasteiger partial charge < -0.3 is 10.1 Å². The molecule has 1 aliphatic heterocycles. The molecule has 1 aliphatic rings. The summed E-state index contributed by atoms with van der Waals surface area (Å²) in [5.74, 6) is -0.162. The van der Waals surface area contributed by atoms with Gasteiger partial charge in [-0.2, -0.15) is 0 Å². The minimum atomic E-state index is -0.162. The largest absolute Gasteiger partial charge is 0.379 e. The summed E-state index contributed by atoms with van der Waals surface area (Å²) in [6.07, 6.45) is 0.988. The van der Waals surface area contributed by atoms with Gasteiger partial charge in [0.25, 0.3) is 0 Å². The lowest BCUT2D eigenvalue weighted by Gasteiger charge is -2.34. The van der Waals surface area contributed by atoms with Crippen molar-refractivity contribution in [3.8, 4) is 0 Å². The molecule has 1 heterocycles. The first-order valence-electron chi connectivity index (χ1n) is 7.51. The van der Waals surface area contributed by atoms with Crippen molar-refractivity contribution in [1.82, 2.24) is 10.2 Å². The van der Waals surface area contributed by atoms with E-state index in [-0.39, 0.29) is 11.9 Å². The van der Waals surface area contributed by atoms with E-state index in [0.29, 0.717) is 6.04 Å². The molecule has 1 aromatic rings. The molecule has 112 valence electrons. The number of rotatable bonds is 6. The maximum atomic E-state index is 13.4. The quantitative estimate of drug-likeness (QED) is 0.867. The van der Waals surface area contributed by atoms with E-state index in [2.05, 4.69) is 24.1 Å². The van der Waals surface area contributed by atoms with E-state index < -0.39 is 0 Å². The molecule has 0 aromatic heterocycles. The first kappa shape index (κ1) is 15.4. The maximum Gasteiger partial charge on any atom is 0.123 e. The van der Waals surface area contributed by atoms with Gasteiger partial charge in [0.05, 0.1) is 13.2 Å². The molecule has 0 aliphatic carbocycles. The van der Waals surface area contributed by atoms with Crippen LogP contribution in [0, 0.1) is 5.82 Å². The lowest BCUT2D eigenvalue weighted by atomic mass is 10.0. The molecule has 2 rings (SSSR count). The van der Waals surface area contributed by atoms with Gasteiger partial charge in [-0.3, -0.25) is 4.90 Å². The van der Waals surface area contributed by atoms with Gasteiger partial charge in [-0.25, -0.2) is 4.39 Å². The van der Waals surface area contributed by atoms with Gasteiger partial charge in [0.2, 0.25) is 0 Å². The Bertz CT molecular complexity index is 413. The minimum Gasteiger partial charge on any atom is -0.379 e. The summed E-state index contributed by atoms with van der Waals surface area (Å²) in [6.45, 7) is 8.80. The highest BCUT2D eigenvalue weighted by Crippen LogP contribution is 2.19. The van der Waals surface area contributed by atoms with Crippen molar-refractivity contribution in [2.45, 2.75) is 32.4 Å². The van der Waals surface area contributed by atoms with E-state index in [1.165, 1.54) is 6.07 Å². The van der Waals surface area contributed by atoms with Crippen molar-refractivity contribution >= 4 is 0 Å². The molecule has 3 nitrogen and oxygen atoms in total. The fourth-order valence-corrected chi connectivity index (χ4v) is 2.74. The highest BCUT2D eigenvalue weighted by molar-refractivity contribution is 5.20. The van der Waals surface area contributed by atoms with Gasteiger partial charge >= 0.3 is 0 Å². The molecular weight excluding hydrogens is 255 g/mol. The molecule has 1 saturated heterocycles. The van der Waals surface area contributed by atoms with Crippen LogP contribution >= 0.6 is 0 Å². The van der Waals surface area contributed by atoms with Crippen molar-refractivity contribution in [1.29, 1.82) is 0 Å². The highest BCUT2D eigenvalue weighted by Gasteiger charge is 2.20. The van der Waals surface area contributed by atoms with Crippen LogP contribution in [-0.4, -0.2) is 43.8 Å². The zero-order valence-electron chi connectivity index (χ0n) is 12.4. The van der Waals surface area contributed by atoms with Gasteiger partial charge in [-0.1, -0.05) is 19.1 Å². The smallest absolute Gasteiger partial charge is 0.123 e. The van der Waals surface area contributed by atoms with E-state index in [1.54, 1.807) is 12.1 Å². The van der Waals surface area contributed by atoms with Crippen LogP contribution in [0.3, 0.4) is 0 Å². The molecule has 0 amide bonds. The van der Waals surface area contributed by atoms with E-state index >= 15 is 0 Å². The summed E-state index contributed by atoms with van der Waals surface area (Å²) in [6, 6.07) is 7.60. The topological polar surface area (TPSA) is 24.5 Å². The molecule has 2 unspecified atom stereocenters. The zero-order valence-corrected chi connectivity index (χ0v) is 12.4. The summed E-state index contributed by atoms with van der Waals surface area (Å²) in [5.41, 5.74) is 1.03. The van der Waals surface area contributed by atoms with Crippen LogP contribution < -0.4 is 5.32 Å². The molecule has 0 saturated carbocycles. The molecule has 1 fully saturated rings. The third-order valence-electron chi connectivity index (χ3n) is 3.91. The molecule has 1 N–H and O–H groups in total. The average Bonchev–Trinajstić information content (AvgIpc) is 2.45. The second kappa shape index (κ2) is 7.72. The number of nitrogens with zero attached hydrogens (tertiary/aromatic N) is 1. The summed E-state index contributed by atoms with van der Waals surface area (Å²) in [4.78, 5) is 2.45. The minimum absolute atomic E-state index is 0.162. The van der Waals surface area contributed by atoms with E-state index in [9.17, 15) is 4.39 Å². The Morgan fingerprint density at radius 3 is 3.05 bits per heavy atom. The standard InChI is InChI=1S/C16H25FN2O/c1-3-18-16(14-5-4-6-15(17)11-14)7-8-19-9-10-20-12-13(19)2/h4-6,11,13,16,18H,3,7-10,12H2,1-2H3. The van der Waals surface area contributed by atoms with Gasteiger partial charge in [-0.05, 0) is 37.6 Å². The Labute approximate surface area is 121 Å². The maximum absolute atomic E-state index is 13.4. The van der Waals surface area contributed by atoms with Gasteiger partial charge in [0.15, 0.2) is 0 Å². The molecule has 0 radical (unpaired) electrons. The first-order valence-corrected chi connectivity index (χ1v) is 7.51.